The molecule has 0 aliphatic rings. The van der Waals surface area contributed by atoms with Gasteiger partial charge in [-0.25, -0.2) is 4.39 Å². The van der Waals surface area contributed by atoms with Crippen LogP contribution in [0.15, 0.2) is 54.6 Å². The van der Waals surface area contributed by atoms with Crippen molar-refractivity contribution in [2.45, 2.75) is 32.5 Å². The first-order chi connectivity index (χ1) is 11.0. The minimum atomic E-state index is -0.899. The summed E-state index contributed by atoms with van der Waals surface area (Å²) in [4.78, 5) is 12.5. The van der Waals surface area contributed by atoms with Crippen molar-refractivity contribution in [2.24, 2.45) is 5.92 Å². The molecule has 1 N–H and O–H groups in total. The van der Waals surface area contributed by atoms with E-state index in [0.29, 0.717) is 5.56 Å². The van der Waals surface area contributed by atoms with Crippen molar-refractivity contribution in [2.75, 3.05) is 0 Å². The number of aliphatic hydroxyl groups is 1. The molecule has 0 fully saturated rings. The second kappa shape index (κ2) is 7.88. The number of hydrogen-bond acceptors (Lipinski definition) is 3. The minimum Gasteiger partial charge on any atom is -0.460 e. The number of hydrogen-bond donors (Lipinski definition) is 1. The van der Waals surface area contributed by atoms with Gasteiger partial charge in [0.2, 0.25) is 0 Å². The molecule has 0 aromatic heterocycles. The Kier molecular flexibility index (Phi) is 5.88. The van der Waals surface area contributed by atoms with Crippen LogP contribution in [0, 0.1) is 11.7 Å². The van der Waals surface area contributed by atoms with Gasteiger partial charge in [0.1, 0.15) is 18.3 Å². The van der Waals surface area contributed by atoms with E-state index in [1.807, 2.05) is 44.2 Å². The topological polar surface area (TPSA) is 46.5 Å². The van der Waals surface area contributed by atoms with Crippen LogP contribution in [-0.4, -0.2) is 17.2 Å². The maximum Gasteiger partial charge on any atom is 0.316 e. The van der Waals surface area contributed by atoms with Crippen LogP contribution >= 0.6 is 0 Å². The van der Waals surface area contributed by atoms with Crippen molar-refractivity contribution in [3.8, 4) is 0 Å². The lowest BCUT2D eigenvalue weighted by atomic mass is 9.87. The molecule has 0 radical (unpaired) electrons. The molecular weight excluding hydrogens is 295 g/mol. The first-order valence-electron chi connectivity index (χ1n) is 7.63. The summed E-state index contributed by atoms with van der Waals surface area (Å²) < 4.78 is 18.5. The Hall–Kier alpha value is -2.20. The Morgan fingerprint density at radius 3 is 2.26 bits per heavy atom. The number of carbonyl (C=O) groups is 1. The molecule has 122 valence electrons. The highest BCUT2D eigenvalue weighted by atomic mass is 19.1. The molecule has 23 heavy (non-hydrogen) atoms. The van der Waals surface area contributed by atoms with E-state index in [2.05, 4.69) is 0 Å². The number of esters is 1. The van der Waals surface area contributed by atoms with Crippen molar-refractivity contribution in [1.29, 1.82) is 0 Å². The SMILES string of the molecule is CC(C)C(O)C(C(=O)OCc1ccccc1)c1ccc(F)cc1. The summed E-state index contributed by atoms with van der Waals surface area (Å²) in [6, 6.07) is 14.9. The zero-order chi connectivity index (χ0) is 16.8. The summed E-state index contributed by atoms with van der Waals surface area (Å²) in [7, 11) is 0. The highest BCUT2D eigenvalue weighted by Gasteiger charge is 2.32. The predicted molar refractivity (Wildman–Crippen MR) is 86.2 cm³/mol. The Morgan fingerprint density at radius 2 is 1.70 bits per heavy atom. The van der Waals surface area contributed by atoms with Crippen LogP contribution in [0.2, 0.25) is 0 Å². The molecule has 0 heterocycles. The molecule has 0 spiro atoms. The smallest absolute Gasteiger partial charge is 0.316 e. The predicted octanol–water partition coefficient (Wildman–Crippen LogP) is 3.67. The molecule has 2 aromatic carbocycles. The van der Waals surface area contributed by atoms with Crippen LogP contribution in [-0.2, 0) is 16.1 Å². The quantitative estimate of drug-likeness (QED) is 0.827. The molecule has 0 aliphatic carbocycles. The average Bonchev–Trinajstić information content (AvgIpc) is 2.55. The van der Waals surface area contributed by atoms with Gasteiger partial charge in [0, 0.05) is 0 Å². The standard InChI is InChI=1S/C19H21FO3/c1-13(2)18(21)17(15-8-10-16(20)11-9-15)19(22)23-12-14-6-4-3-5-7-14/h3-11,13,17-18,21H,12H2,1-2H3. The van der Waals surface area contributed by atoms with Gasteiger partial charge in [0.15, 0.2) is 0 Å². The fourth-order valence-corrected chi connectivity index (χ4v) is 2.35. The molecular formula is C19H21FO3. The zero-order valence-electron chi connectivity index (χ0n) is 13.3. The third-order valence-corrected chi connectivity index (χ3v) is 3.73. The van der Waals surface area contributed by atoms with E-state index in [1.165, 1.54) is 24.3 Å². The van der Waals surface area contributed by atoms with E-state index in [9.17, 15) is 14.3 Å². The molecule has 2 unspecified atom stereocenters. The van der Waals surface area contributed by atoms with Crippen LogP contribution in [0.3, 0.4) is 0 Å². The van der Waals surface area contributed by atoms with E-state index in [1.54, 1.807) is 0 Å². The van der Waals surface area contributed by atoms with Crippen LogP contribution in [0.4, 0.5) is 4.39 Å². The average molecular weight is 316 g/mol. The Bertz CT molecular complexity index is 623. The molecule has 0 saturated carbocycles. The molecule has 2 aromatic rings. The Balaban J connectivity index is 2.16. The zero-order valence-corrected chi connectivity index (χ0v) is 13.3. The fraction of sp³-hybridized carbons (Fsp3) is 0.316. The summed E-state index contributed by atoms with van der Waals surface area (Å²) in [5.74, 6) is -1.86. The van der Waals surface area contributed by atoms with Gasteiger partial charge in [0.05, 0.1) is 6.10 Å². The number of rotatable bonds is 6. The van der Waals surface area contributed by atoms with E-state index in [4.69, 9.17) is 4.74 Å². The lowest BCUT2D eigenvalue weighted by Gasteiger charge is -2.24. The van der Waals surface area contributed by atoms with Gasteiger partial charge in [-0.1, -0.05) is 56.3 Å². The summed E-state index contributed by atoms with van der Waals surface area (Å²) in [6.07, 6.45) is -0.899. The number of benzene rings is 2. The lowest BCUT2D eigenvalue weighted by molar-refractivity contribution is -0.150. The molecule has 2 rings (SSSR count). The molecule has 0 bridgehead atoms. The highest BCUT2D eigenvalue weighted by molar-refractivity contribution is 5.79. The summed E-state index contributed by atoms with van der Waals surface area (Å²) >= 11 is 0. The molecule has 0 saturated heterocycles. The van der Waals surface area contributed by atoms with Crippen LogP contribution < -0.4 is 0 Å². The van der Waals surface area contributed by atoms with Crippen molar-refractivity contribution in [3.63, 3.8) is 0 Å². The van der Waals surface area contributed by atoms with Gasteiger partial charge in [-0.15, -0.1) is 0 Å². The van der Waals surface area contributed by atoms with Crippen molar-refractivity contribution in [3.05, 3.63) is 71.5 Å². The van der Waals surface area contributed by atoms with E-state index < -0.39 is 18.0 Å². The second-order valence-electron chi connectivity index (χ2n) is 5.86. The van der Waals surface area contributed by atoms with Gasteiger partial charge < -0.3 is 9.84 Å². The third-order valence-electron chi connectivity index (χ3n) is 3.73. The Morgan fingerprint density at radius 1 is 1.09 bits per heavy atom. The monoisotopic (exact) mass is 316 g/mol. The second-order valence-corrected chi connectivity index (χ2v) is 5.86. The number of aliphatic hydroxyl groups excluding tert-OH is 1. The van der Waals surface area contributed by atoms with Gasteiger partial charge in [-0.2, -0.15) is 0 Å². The Labute approximate surface area is 135 Å². The summed E-state index contributed by atoms with van der Waals surface area (Å²) in [5.41, 5.74) is 1.42. The highest BCUT2D eigenvalue weighted by Crippen LogP contribution is 2.26. The number of ether oxygens (including phenoxy) is 1. The van der Waals surface area contributed by atoms with Gasteiger partial charge in [-0.05, 0) is 29.2 Å². The molecule has 0 aliphatic heterocycles. The van der Waals surface area contributed by atoms with E-state index in [0.717, 1.165) is 5.56 Å². The van der Waals surface area contributed by atoms with Crippen LogP contribution in [0.25, 0.3) is 0 Å². The van der Waals surface area contributed by atoms with Gasteiger partial charge in [-0.3, -0.25) is 4.79 Å². The van der Waals surface area contributed by atoms with Crippen molar-refractivity contribution < 1.29 is 19.0 Å². The molecule has 0 amide bonds. The maximum absolute atomic E-state index is 13.1. The van der Waals surface area contributed by atoms with E-state index in [-0.39, 0.29) is 18.3 Å². The van der Waals surface area contributed by atoms with E-state index >= 15 is 0 Å². The van der Waals surface area contributed by atoms with Gasteiger partial charge in [0.25, 0.3) is 0 Å². The third kappa shape index (κ3) is 4.63. The summed E-state index contributed by atoms with van der Waals surface area (Å²) in [5, 5.41) is 10.4. The number of carbonyl (C=O) groups excluding carboxylic acids is 1. The molecule has 2 atom stereocenters. The van der Waals surface area contributed by atoms with Gasteiger partial charge >= 0.3 is 5.97 Å². The minimum absolute atomic E-state index is 0.130. The first-order valence-corrected chi connectivity index (χ1v) is 7.63. The van der Waals surface area contributed by atoms with Crippen molar-refractivity contribution in [1.82, 2.24) is 0 Å². The molecule has 4 heteroatoms. The largest absolute Gasteiger partial charge is 0.460 e. The van der Waals surface area contributed by atoms with Crippen molar-refractivity contribution >= 4 is 5.97 Å². The maximum atomic E-state index is 13.1. The fourth-order valence-electron chi connectivity index (χ4n) is 2.35. The molecule has 3 nitrogen and oxygen atoms in total. The van der Waals surface area contributed by atoms with Crippen LogP contribution in [0.1, 0.15) is 30.9 Å². The lowest BCUT2D eigenvalue weighted by Crippen LogP contribution is -2.31. The van der Waals surface area contributed by atoms with Crippen LogP contribution in [0.5, 0.6) is 0 Å². The normalized spacial score (nSPS) is 13.6. The summed E-state index contributed by atoms with van der Waals surface area (Å²) in [6.45, 7) is 3.79. The first kappa shape index (κ1) is 17.2. The number of halogens is 1.